The standard InChI is InChI=1S/C13H15NO6/c1-8(15)10-6-12(17)13(7-11(10)14-18)20-5-3-4-19-9(2)16/h6-7,17H,3-5H2,1-2H3. The number of ether oxygens (including phenoxy) is 2. The Kier molecular flexibility index (Phi) is 5.64. The van der Waals surface area contributed by atoms with Crippen molar-refractivity contribution in [2.75, 3.05) is 13.2 Å². The fourth-order valence-corrected chi connectivity index (χ4v) is 1.49. The summed E-state index contributed by atoms with van der Waals surface area (Å²) in [6.45, 7) is 2.94. The van der Waals surface area contributed by atoms with Crippen LogP contribution in [0.3, 0.4) is 0 Å². The zero-order valence-corrected chi connectivity index (χ0v) is 11.2. The highest BCUT2D eigenvalue weighted by molar-refractivity contribution is 5.99. The van der Waals surface area contributed by atoms with Crippen LogP contribution in [-0.2, 0) is 9.53 Å². The number of hydrogen-bond acceptors (Lipinski definition) is 7. The first-order chi connectivity index (χ1) is 9.45. The average molecular weight is 281 g/mol. The SMILES string of the molecule is CC(=O)OCCCOc1cc(N=O)c(C(C)=O)cc1O. The molecule has 0 fully saturated rings. The van der Waals surface area contributed by atoms with Crippen molar-refractivity contribution < 1.29 is 24.2 Å². The maximum Gasteiger partial charge on any atom is 0.302 e. The Morgan fingerprint density at radius 2 is 1.95 bits per heavy atom. The van der Waals surface area contributed by atoms with Crippen LogP contribution in [0.1, 0.15) is 30.6 Å². The molecular formula is C13H15NO6. The van der Waals surface area contributed by atoms with Gasteiger partial charge in [-0.1, -0.05) is 0 Å². The molecule has 0 bridgehead atoms. The van der Waals surface area contributed by atoms with Crippen molar-refractivity contribution in [3.63, 3.8) is 0 Å². The van der Waals surface area contributed by atoms with Crippen LogP contribution < -0.4 is 4.74 Å². The first kappa shape index (κ1) is 15.6. The minimum atomic E-state index is -0.383. The summed E-state index contributed by atoms with van der Waals surface area (Å²) in [4.78, 5) is 32.4. The Labute approximate surface area is 115 Å². The van der Waals surface area contributed by atoms with Crippen LogP contribution in [-0.4, -0.2) is 30.1 Å². The topological polar surface area (TPSA) is 102 Å². The van der Waals surface area contributed by atoms with Gasteiger partial charge >= 0.3 is 5.97 Å². The van der Waals surface area contributed by atoms with Gasteiger partial charge in [-0.2, -0.15) is 0 Å². The van der Waals surface area contributed by atoms with Crippen molar-refractivity contribution in [2.45, 2.75) is 20.3 Å². The van der Waals surface area contributed by atoms with Gasteiger partial charge in [0.25, 0.3) is 0 Å². The smallest absolute Gasteiger partial charge is 0.302 e. The summed E-state index contributed by atoms with van der Waals surface area (Å²) in [6, 6.07) is 2.34. The van der Waals surface area contributed by atoms with E-state index in [4.69, 9.17) is 9.47 Å². The predicted molar refractivity (Wildman–Crippen MR) is 70.3 cm³/mol. The third-order valence-electron chi connectivity index (χ3n) is 2.41. The van der Waals surface area contributed by atoms with E-state index >= 15 is 0 Å². The van der Waals surface area contributed by atoms with E-state index < -0.39 is 0 Å². The first-order valence-corrected chi connectivity index (χ1v) is 5.93. The van der Waals surface area contributed by atoms with E-state index in [9.17, 15) is 19.6 Å². The molecule has 7 nitrogen and oxygen atoms in total. The number of benzene rings is 1. The normalized spacial score (nSPS) is 9.90. The van der Waals surface area contributed by atoms with E-state index in [1.165, 1.54) is 19.9 Å². The van der Waals surface area contributed by atoms with Crippen LogP contribution in [0.4, 0.5) is 5.69 Å². The number of rotatable bonds is 7. The molecule has 0 aliphatic rings. The number of hydrogen-bond donors (Lipinski definition) is 1. The molecule has 0 spiro atoms. The van der Waals surface area contributed by atoms with Crippen LogP contribution in [0.15, 0.2) is 17.3 Å². The molecular weight excluding hydrogens is 266 g/mol. The Bertz CT molecular complexity index is 526. The Morgan fingerprint density at radius 1 is 1.25 bits per heavy atom. The van der Waals surface area contributed by atoms with Gasteiger partial charge in [0.1, 0.15) is 5.69 Å². The predicted octanol–water partition coefficient (Wildman–Crippen LogP) is 2.32. The van der Waals surface area contributed by atoms with E-state index in [0.29, 0.717) is 6.42 Å². The Hall–Kier alpha value is -2.44. The second-order valence-corrected chi connectivity index (χ2v) is 4.03. The minimum absolute atomic E-state index is 0.0322. The Balaban J connectivity index is 2.69. The molecule has 0 unspecified atom stereocenters. The summed E-state index contributed by atoms with van der Waals surface area (Å²) in [7, 11) is 0. The van der Waals surface area contributed by atoms with Crippen molar-refractivity contribution in [2.24, 2.45) is 5.18 Å². The lowest BCUT2D eigenvalue weighted by Crippen LogP contribution is -2.06. The molecule has 1 aromatic rings. The van der Waals surface area contributed by atoms with Crippen molar-refractivity contribution in [1.82, 2.24) is 0 Å². The van der Waals surface area contributed by atoms with Gasteiger partial charge in [-0.25, -0.2) is 0 Å². The quantitative estimate of drug-likeness (QED) is 0.356. The molecule has 1 rings (SSSR count). The van der Waals surface area contributed by atoms with Gasteiger partial charge in [0.05, 0.1) is 18.8 Å². The van der Waals surface area contributed by atoms with Crippen molar-refractivity contribution >= 4 is 17.4 Å². The number of esters is 1. The number of phenols is 1. The van der Waals surface area contributed by atoms with Crippen LogP contribution in [0.5, 0.6) is 11.5 Å². The molecule has 0 heterocycles. The number of nitroso groups, excluding NO2 is 1. The Morgan fingerprint density at radius 3 is 2.50 bits per heavy atom. The molecule has 0 atom stereocenters. The number of aromatic hydroxyl groups is 1. The summed E-state index contributed by atoms with van der Waals surface area (Å²) < 4.78 is 9.96. The summed E-state index contributed by atoms with van der Waals surface area (Å²) in [5.74, 6) is -0.968. The second kappa shape index (κ2) is 7.22. The number of nitrogens with zero attached hydrogens (tertiary/aromatic N) is 1. The zero-order valence-electron chi connectivity index (χ0n) is 11.2. The highest BCUT2D eigenvalue weighted by atomic mass is 16.5. The van der Waals surface area contributed by atoms with E-state index in [2.05, 4.69) is 5.18 Å². The van der Waals surface area contributed by atoms with E-state index in [0.717, 1.165) is 6.07 Å². The lowest BCUT2D eigenvalue weighted by Gasteiger charge is -2.10. The van der Waals surface area contributed by atoms with Crippen LogP contribution in [0.25, 0.3) is 0 Å². The van der Waals surface area contributed by atoms with Crippen molar-refractivity contribution in [3.8, 4) is 11.5 Å². The molecule has 0 saturated carbocycles. The number of phenolic OH excluding ortho intramolecular Hbond substituents is 1. The van der Waals surface area contributed by atoms with Crippen LogP contribution >= 0.6 is 0 Å². The first-order valence-electron chi connectivity index (χ1n) is 5.93. The van der Waals surface area contributed by atoms with E-state index in [1.807, 2.05) is 0 Å². The monoisotopic (exact) mass is 281 g/mol. The fraction of sp³-hybridized carbons (Fsp3) is 0.385. The summed E-state index contributed by atoms with van der Waals surface area (Å²) in [5, 5.41) is 12.4. The summed E-state index contributed by atoms with van der Waals surface area (Å²) >= 11 is 0. The van der Waals surface area contributed by atoms with Gasteiger partial charge in [-0.3, -0.25) is 9.59 Å². The van der Waals surface area contributed by atoms with Gasteiger partial charge < -0.3 is 14.6 Å². The molecule has 0 saturated heterocycles. The van der Waals surface area contributed by atoms with Crippen molar-refractivity contribution in [1.29, 1.82) is 0 Å². The average Bonchev–Trinajstić information content (AvgIpc) is 2.39. The molecule has 1 N–H and O–H groups in total. The molecule has 0 radical (unpaired) electrons. The lowest BCUT2D eigenvalue weighted by molar-refractivity contribution is -0.141. The zero-order chi connectivity index (χ0) is 15.1. The minimum Gasteiger partial charge on any atom is -0.504 e. The number of ketones is 1. The third kappa shape index (κ3) is 4.34. The third-order valence-corrected chi connectivity index (χ3v) is 2.41. The van der Waals surface area contributed by atoms with Crippen molar-refractivity contribution in [3.05, 3.63) is 22.6 Å². The highest BCUT2D eigenvalue weighted by Crippen LogP contribution is 2.34. The molecule has 0 aromatic heterocycles. The highest BCUT2D eigenvalue weighted by Gasteiger charge is 2.14. The van der Waals surface area contributed by atoms with E-state index in [1.54, 1.807) is 0 Å². The largest absolute Gasteiger partial charge is 0.504 e. The number of carbonyl (C=O) groups excluding carboxylic acids is 2. The summed E-state index contributed by atoms with van der Waals surface area (Å²) in [5.41, 5.74) is -0.0601. The van der Waals surface area contributed by atoms with Gasteiger partial charge in [0, 0.05) is 19.4 Å². The number of carbonyl (C=O) groups is 2. The molecule has 1 aromatic carbocycles. The molecule has 108 valence electrons. The summed E-state index contributed by atoms with van der Waals surface area (Å²) in [6.07, 6.45) is 0.428. The molecule has 0 amide bonds. The fourth-order valence-electron chi connectivity index (χ4n) is 1.49. The van der Waals surface area contributed by atoms with Gasteiger partial charge in [0.15, 0.2) is 17.3 Å². The van der Waals surface area contributed by atoms with Gasteiger partial charge in [-0.05, 0) is 18.2 Å². The van der Waals surface area contributed by atoms with E-state index in [-0.39, 0.29) is 47.7 Å². The van der Waals surface area contributed by atoms with Crippen LogP contribution in [0.2, 0.25) is 0 Å². The van der Waals surface area contributed by atoms with Gasteiger partial charge in [-0.15, -0.1) is 4.91 Å². The molecule has 20 heavy (non-hydrogen) atoms. The number of Topliss-reactive ketones (excluding diaryl/α,β-unsaturated/α-hetero) is 1. The molecule has 7 heteroatoms. The van der Waals surface area contributed by atoms with Crippen LogP contribution in [0, 0.1) is 4.91 Å². The second-order valence-electron chi connectivity index (χ2n) is 4.03. The lowest BCUT2D eigenvalue weighted by atomic mass is 10.1. The maximum atomic E-state index is 11.3. The molecule has 0 aliphatic carbocycles. The maximum absolute atomic E-state index is 11.3. The molecule has 0 aliphatic heterocycles. The van der Waals surface area contributed by atoms with Gasteiger partial charge in [0.2, 0.25) is 0 Å².